The molecular formula is C7H6N4O3. The minimum absolute atomic E-state index is 0.107. The predicted molar refractivity (Wildman–Crippen MR) is 43.2 cm³/mol. The highest BCUT2D eigenvalue weighted by atomic mass is 16.5. The second-order valence-electron chi connectivity index (χ2n) is 2.43. The number of aromatic amines is 1. The summed E-state index contributed by atoms with van der Waals surface area (Å²) in [7, 11) is 1.27. The first-order chi connectivity index (χ1) is 6.83. The van der Waals surface area contributed by atoms with Crippen LogP contribution < -0.4 is 0 Å². The molecule has 0 bridgehead atoms. The average Bonchev–Trinajstić information content (AvgIpc) is 2.85. The van der Waals surface area contributed by atoms with Crippen LogP contribution in [0.1, 0.15) is 10.5 Å². The molecule has 0 aromatic carbocycles. The van der Waals surface area contributed by atoms with Gasteiger partial charge in [0.1, 0.15) is 12.0 Å². The largest absolute Gasteiger partial charge is 0.464 e. The van der Waals surface area contributed by atoms with E-state index in [-0.39, 0.29) is 5.69 Å². The minimum atomic E-state index is -0.560. The number of nitrogens with zero attached hydrogens (tertiary/aromatic N) is 3. The van der Waals surface area contributed by atoms with Gasteiger partial charge in [0.15, 0.2) is 5.69 Å². The van der Waals surface area contributed by atoms with E-state index in [0.717, 1.165) is 0 Å². The van der Waals surface area contributed by atoms with E-state index < -0.39 is 5.97 Å². The molecule has 0 saturated carbocycles. The average molecular weight is 194 g/mol. The lowest BCUT2D eigenvalue weighted by Crippen LogP contribution is -2.03. The van der Waals surface area contributed by atoms with E-state index in [1.54, 1.807) is 0 Å². The fourth-order valence-corrected chi connectivity index (χ4v) is 0.993. The summed E-state index contributed by atoms with van der Waals surface area (Å²) in [6.45, 7) is 0. The van der Waals surface area contributed by atoms with Gasteiger partial charge in [-0.2, -0.15) is 10.3 Å². The SMILES string of the molecule is COC(=O)c1n[nH]nc1-c1cnoc1. The highest BCUT2D eigenvalue weighted by Gasteiger charge is 2.19. The molecular weight excluding hydrogens is 188 g/mol. The first kappa shape index (κ1) is 8.42. The van der Waals surface area contributed by atoms with Gasteiger partial charge in [-0.3, -0.25) is 0 Å². The number of hydrogen-bond acceptors (Lipinski definition) is 6. The van der Waals surface area contributed by atoms with Crippen LogP contribution >= 0.6 is 0 Å². The summed E-state index contributed by atoms with van der Waals surface area (Å²) < 4.78 is 9.14. The zero-order chi connectivity index (χ0) is 9.97. The van der Waals surface area contributed by atoms with Crippen LogP contribution in [0.2, 0.25) is 0 Å². The summed E-state index contributed by atoms with van der Waals surface area (Å²) in [4.78, 5) is 11.2. The van der Waals surface area contributed by atoms with Crippen LogP contribution in [0, 0.1) is 0 Å². The molecule has 2 aromatic rings. The van der Waals surface area contributed by atoms with Crippen LogP contribution in [-0.2, 0) is 4.74 Å². The number of rotatable bonds is 2. The Balaban J connectivity index is 2.45. The van der Waals surface area contributed by atoms with E-state index in [0.29, 0.717) is 11.3 Å². The van der Waals surface area contributed by atoms with Gasteiger partial charge < -0.3 is 9.26 Å². The molecule has 0 amide bonds. The molecule has 14 heavy (non-hydrogen) atoms. The molecule has 0 unspecified atom stereocenters. The quantitative estimate of drug-likeness (QED) is 0.688. The van der Waals surface area contributed by atoms with Gasteiger partial charge in [0, 0.05) is 0 Å². The highest BCUT2D eigenvalue weighted by molar-refractivity contribution is 5.93. The summed E-state index contributed by atoms with van der Waals surface area (Å²) in [6.07, 6.45) is 2.80. The van der Waals surface area contributed by atoms with Crippen molar-refractivity contribution in [2.45, 2.75) is 0 Å². The standard InChI is InChI=1S/C7H6N4O3/c1-13-7(12)6-5(9-11-10-6)4-2-8-14-3-4/h2-3H,1H3,(H,9,10,11). The fourth-order valence-electron chi connectivity index (χ4n) is 0.993. The Morgan fingerprint density at radius 1 is 1.57 bits per heavy atom. The minimum Gasteiger partial charge on any atom is -0.464 e. The second kappa shape index (κ2) is 3.29. The molecule has 7 nitrogen and oxygen atoms in total. The molecule has 2 aromatic heterocycles. The highest BCUT2D eigenvalue weighted by Crippen LogP contribution is 2.18. The number of aromatic nitrogens is 4. The van der Waals surface area contributed by atoms with E-state index in [4.69, 9.17) is 0 Å². The molecule has 1 N–H and O–H groups in total. The molecule has 2 rings (SSSR count). The summed E-state index contributed by atoms with van der Waals surface area (Å²) in [5.74, 6) is -0.560. The molecule has 0 atom stereocenters. The van der Waals surface area contributed by atoms with Crippen LogP contribution in [0.15, 0.2) is 17.0 Å². The van der Waals surface area contributed by atoms with Gasteiger partial charge in [-0.25, -0.2) is 4.79 Å². The lowest BCUT2D eigenvalue weighted by molar-refractivity contribution is 0.0595. The number of esters is 1. The molecule has 2 heterocycles. The van der Waals surface area contributed by atoms with Crippen LogP contribution in [0.5, 0.6) is 0 Å². The van der Waals surface area contributed by atoms with Gasteiger partial charge >= 0.3 is 5.97 Å². The van der Waals surface area contributed by atoms with Crippen molar-refractivity contribution in [1.29, 1.82) is 0 Å². The smallest absolute Gasteiger partial charge is 0.360 e. The van der Waals surface area contributed by atoms with Crippen molar-refractivity contribution < 1.29 is 14.1 Å². The summed E-state index contributed by atoms with van der Waals surface area (Å²) in [5.41, 5.74) is 1.04. The molecule has 7 heteroatoms. The van der Waals surface area contributed by atoms with E-state index in [1.165, 1.54) is 19.6 Å². The van der Waals surface area contributed by atoms with Crippen molar-refractivity contribution in [3.63, 3.8) is 0 Å². The zero-order valence-electron chi connectivity index (χ0n) is 7.22. The first-order valence-electron chi connectivity index (χ1n) is 3.71. The van der Waals surface area contributed by atoms with Crippen molar-refractivity contribution in [3.8, 4) is 11.3 Å². The first-order valence-corrected chi connectivity index (χ1v) is 3.71. The van der Waals surface area contributed by atoms with Crippen LogP contribution in [-0.4, -0.2) is 33.6 Å². The summed E-state index contributed by atoms with van der Waals surface area (Å²) in [5, 5.41) is 13.3. The maximum atomic E-state index is 11.2. The number of ether oxygens (including phenoxy) is 1. The van der Waals surface area contributed by atoms with Gasteiger partial charge in [-0.1, -0.05) is 5.16 Å². The van der Waals surface area contributed by atoms with Crippen molar-refractivity contribution in [2.24, 2.45) is 0 Å². The number of carbonyl (C=O) groups excluding carboxylic acids is 1. The third-order valence-corrected chi connectivity index (χ3v) is 1.63. The topological polar surface area (TPSA) is 93.9 Å². The molecule has 72 valence electrons. The Morgan fingerprint density at radius 3 is 3.07 bits per heavy atom. The Labute approximate surface area is 78.0 Å². The number of methoxy groups -OCH3 is 1. The van der Waals surface area contributed by atoms with Crippen molar-refractivity contribution in [3.05, 3.63) is 18.2 Å². The normalized spacial score (nSPS) is 10.1. The van der Waals surface area contributed by atoms with Gasteiger partial charge in [-0.15, -0.1) is 5.10 Å². The Bertz CT molecular complexity index is 433. The van der Waals surface area contributed by atoms with Crippen molar-refractivity contribution in [1.82, 2.24) is 20.6 Å². The number of carbonyl (C=O) groups is 1. The maximum absolute atomic E-state index is 11.2. The van der Waals surface area contributed by atoms with E-state index in [9.17, 15) is 4.79 Å². The Kier molecular flexibility index (Phi) is 1.98. The van der Waals surface area contributed by atoms with Crippen LogP contribution in [0.25, 0.3) is 11.3 Å². The molecule has 0 aliphatic carbocycles. The summed E-state index contributed by atoms with van der Waals surface area (Å²) in [6, 6.07) is 0. The lowest BCUT2D eigenvalue weighted by atomic mass is 10.2. The molecule has 0 saturated heterocycles. The summed E-state index contributed by atoms with van der Waals surface area (Å²) >= 11 is 0. The van der Waals surface area contributed by atoms with E-state index in [1.807, 2.05) is 0 Å². The molecule has 0 spiro atoms. The van der Waals surface area contributed by atoms with Gasteiger partial charge in [0.25, 0.3) is 0 Å². The third-order valence-electron chi connectivity index (χ3n) is 1.63. The number of nitrogens with one attached hydrogen (secondary N) is 1. The van der Waals surface area contributed by atoms with Gasteiger partial charge in [0.05, 0.1) is 18.9 Å². The number of hydrogen-bond donors (Lipinski definition) is 1. The van der Waals surface area contributed by atoms with E-state index >= 15 is 0 Å². The number of H-pyrrole nitrogens is 1. The zero-order valence-corrected chi connectivity index (χ0v) is 7.22. The third kappa shape index (κ3) is 1.24. The van der Waals surface area contributed by atoms with Crippen LogP contribution in [0.4, 0.5) is 0 Å². The monoisotopic (exact) mass is 194 g/mol. The van der Waals surface area contributed by atoms with Crippen molar-refractivity contribution >= 4 is 5.97 Å². The molecule has 0 radical (unpaired) electrons. The molecule has 0 aliphatic rings. The fraction of sp³-hybridized carbons (Fsp3) is 0.143. The molecule has 0 aliphatic heterocycles. The maximum Gasteiger partial charge on any atom is 0.360 e. The lowest BCUT2D eigenvalue weighted by Gasteiger charge is -1.94. The molecule has 0 fully saturated rings. The predicted octanol–water partition coefficient (Wildman–Crippen LogP) is 0.246. The van der Waals surface area contributed by atoms with Gasteiger partial charge in [0.2, 0.25) is 0 Å². The van der Waals surface area contributed by atoms with E-state index in [2.05, 4.69) is 29.8 Å². The Morgan fingerprint density at radius 2 is 2.43 bits per heavy atom. The Hall–Kier alpha value is -2.18. The van der Waals surface area contributed by atoms with Crippen LogP contribution in [0.3, 0.4) is 0 Å². The van der Waals surface area contributed by atoms with Gasteiger partial charge in [-0.05, 0) is 0 Å². The van der Waals surface area contributed by atoms with Crippen molar-refractivity contribution in [2.75, 3.05) is 7.11 Å². The second-order valence-corrected chi connectivity index (χ2v) is 2.43.